The van der Waals surface area contributed by atoms with E-state index >= 15 is 0 Å². The second-order valence-electron chi connectivity index (χ2n) is 4.36. The van der Waals surface area contributed by atoms with Crippen LogP contribution in [0.3, 0.4) is 0 Å². The molecule has 0 aliphatic heterocycles. The molecule has 0 saturated heterocycles. The Morgan fingerprint density at radius 1 is 1.14 bits per heavy atom. The van der Waals surface area contributed by atoms with Crippen molar-refractivity contribution in [3.8, 4) is 11.5 Å². The van der Waals surface area contributed by atoms with Gasteiger partial charge in [-0.15, -0.1) is 0 Å². The molecule has 21 heavy (non-hydrogen) atoms. The van der Waals surface area contributed by atoms with E-state index in [1.807, 2.05) is 0 Å². The third-order valence-corrected chi connectivity index (χ3v) is 2.58. The zero-order valence-corrected chi connectivity index (χ0v) is 11.0. The van der Waals surface area contributed by atoms with Gasteiger partial charge < -0.3 is 10.1 Å². The maximum Gasteiger partial charge on any atom is 0.405 e. The molecule has 2 aromatic rings. The molecule has 0 radical (unpaired) electrons. The zero-order valence-electron chi connectivity index (χ0n) is 11.0. The van der Waals surface area contributed by atoms with Crippen LogP contribution in [-0.4, -0.2) is 17.7 Å². The topological polar surface area (TPSA) is 34.1 Å². The van der Waals surface area contributed by atoms with E-state index in [-0.39, 0.29) is 17.3 Å². The lowest BCUT2D eigenvalue weighted by Gasteiger charge is -2.10. The first-order valence-electron chi connectivity index (χ1n) is 6.04. The quantitative estimate of drug-likeness (QED) is 0.855. The second kappa shape index (κ2) is 5.99. The van der Waals surface area contributed by atoms with Crippen LogP contribution in [0.4, 0.5) is 23.4 Å². The first-order chi connectivity index (χ1) is 9.83. The number of nitrogens with one attached hydrogen (secondary N) is 1. The minimum atomic E-state index is -4.33. The molecule has 112 valence electrons. The second-order valence-corrected chi connectivity index (χ2v) is 4.36. The molecule has 3 nitrogen and oxygen atoms in total. The van der Waals surface area contributed by atoms with Crippen LogP contribution in [0, 0.1) is 12.7 Å². The van der Waals surface area contributed by atoms with Gasteiger partial charge >= 0.3 is 6.18 Å². The van der Waals surface area contributed by atoms with Gasteiger partial charge in [0.05, 0.1) is 0 Å². The highest BCUT2D eigenvalue weighted by molar-refractivity contribution is 5.42. The Morgan fingerprint density at radius 3 is 2.52 bits per heavy atom. The summed E-state index contributed by atoms with van der Waals surface area (Å²) < 4.78 is 55.1. The fraction of sp³-hybridized carbons (Fsp3) is 0.214. The molecule has 0 fully saturated rings. The van der Waals surface area contributed by atoms with Crippen molar-refractivity contribution in [2.45, 2.75) is 13.1 Å². The molecule has 0 spiro atoms. The monoisotopic (exact) mass is 300 g/mol. The van der Waals surface area contributed by atoms with Crippen LogP contribution in [0.2, 0.25) is 0 Å². The minimum absolute atomic E-state index is 0.0254. The van der Waals surface area contributed by atoms with E-state index in [4.69, 9.17) is 4.74 Å². The lowest BCUT2D eigenvalue weighted by atomic mass is 10.2. The molecule has 1 N–H and O–H groups in total. The van der Waals surface area contributed by atoms with Gasteiger partial charge in [0.25, 0.3) is 0 Å². The molecule has 0 saturated carbocycles. The van der Waals surface area contributed by atoms with Crippen LogP contribution in [0.25, 0.3) is 0 Å². The maximum atomic E-state index is 13.4. The predicted octanol–water partition coefficient (Wildman–Crippen LogP) is 4.30. The summed E-state index contributed by atoms with van der Waals surface area (Å²) >= 11 is 0. The summed E-state index contributed by atoms with van der Waals surface area (Å²) in [7, 11) is 0. The lowest BCUT2D eigenvalue weighted by Crippen LogP contribution is -2.21. The Morgan fingerprint density at radius 2 is 1.86 bits per heavy atom. The summed E-state index contributed by atoms with van der Waals surface area (Å²) in [6.07, 6.45) is -3.03. The fourth-order valence-electron chi connectivity index (χ4n) is 1.54. The van der Waals surface area contributed by atoms with E-state index in [0.29, 0.717) is 5.56 Å². The standard InChI is InChI=1S/C14H12F4N2O/c1-9-2-3-10(6-12(9)15)21-11-4-5-19-13(7-11)20-8-14(16,17)18/h2-7H,8H2,1H3,(H,19,20). The number of alkyl halides is 3. The van der Waals surface area contributed by atoms with Gasteiger partial charge in [0.15, 0.2) is 0 Å². The molecule has 1 heterocycles. The molecular formula is C14H12F4N2O. The first-order valence-corrected chi connectivity index (χ1v) is 6.04. The van der Waals surface area contributed by atoms with Gasteiger partial charge in [-0.05, 0) is 24.6 Å². The highest BCUT2D eigenvalue weighted by Gasteiger charge is 2.26. The van der Waals surface area contributed by atoms with E-state index in [1.54, 1.807) is 19.1 Å². The Balaban J connectivity index is 2.08. The van der Waals surface area contributed by atoms with E-state index < -0.39 is 18.5 Å². The fourth-order valence-corrected chi connectivity index (χ4v) is 1.54. The normalized spacial score (nSPS) is 11.3. The van der Waals surface area contributed by atoms with Crippen LogP contribution in [0.1, 0.15) is 5.56 Å². The highest BCUT2D eigenvalue weighted by atomic mass is 19.4. The average Bonchev–Trinajstić information content (AvgIpc) is 2.40. The molecule has 0 atom stereocenters. The van der Waals surface area contributed by atoms with Crippen molar-refractivity contribution in [1.29, 1.82) is 0 Å². The van der Waals surface area contributed by atoms with Crippen molar-refractivity contribution < 1.29 is 22.3 Å². The van der Waals surface area contributed by atoms with Gasteiger partial charge in [-0.3, -0.25) is 0 Å². The van der Waals surface area contributed by atoms with Crippen molar-refractivity contribution in [1.82, 2.24) is 4.98 Å². The number of ether oxygens (including phenoxy) is 1. The molecule has 1 aromatic carbocycles. The van der Waals surface area contributed by atoms with E-state index in [0.717, 1.165) is 0 Å². The van der Waals surface area contributed by atoms with Crippen molar-refractivity contribution in [2.24, 2.45) is 0 Å². The molecule has 7 heteroatoms. The molecule has 0 unspecified atom stereocenters. The number of benzene rings is 1. The average molecular weight is 300 g/mol. The summed E-state index contributed by atoms with van der Waals surface area (Å²) in [6.45, 7) is 0.424. The van der Waals surface area contributed by atoms with Crippen molar-refractivity contribution in [2.75, 3.05) is 11.9 Å². The van der Waals surface area contributed by atoms with Crippen LogP contribution in [-0.2, 0) is 0 Å². The van der Waals surface area contributed by atoms with Gasteiger partial charge in [0.1, 0.15) is 29.7 Å². The third-order valence-electron chi connectivity index (χ3n) is 2.58. The maximum absolute atomic E-state index is 13.4. The number of nitrogens with zero attached hydrogens (tertiary/aromatic N) is 1. The molecule has 0 bridgehead atoms. The predicted molar refractivity (Wildman–Crippen MR) is 70.0 cm³/mol. The molecule has 0 aliphatic carbocycles. The number of halogens is 4. The van der Waals surface area contributed by atoms with Crippen LogP contribution < -0.4 is 10.1 Å². The number of anilines is 1. The van der Waals surface area contributed by atoms with Gasteiger partial charge in [0, 0.05) is 18.3 Å². The Hall–Kier alpha value is -2.31. The Kier molecular flexibility index (Phi) is 4.30. The number of hydrogen-bond donors (Lipinski definition) is 1. The Labute approximate surface area is 118 Å². The number of aromatic nitrogens is 1. The smallest absolute Gasteiger partial charge is 0.405 e. The van der Waals surface area contributed by atoms with E-state index in [2.05, 4.69) is 10.3 Å². The molecular weight excluding hydrogens is 288 g/mol. The summed E-state index contributed by atoms with van der Waals surface area (Å²) in [5.41, 5.74) is 0.476. The van der Waals surface area contributed by atoms with Gasteiger partial charge in [-0.1, -0.05) is 6.07 Å². The van der Waals surface area contributed by atoms with Gasteiger partial charge in [0.2, 0.25) is 0 Å². The largest absolute Gasteiger partial charge is 0.457 e. The van der Waals surface area contributed by atoms with Crippen LogP contribution in [0.15, 0.2) is 36.5 Å². The van der Waals surface area contributed by atoms with Crippen molar-refractivity contribution >= 4 is 5.82 Å². The summed E-state index contributed by atoms with van der Waals surface area (Å²) in [6, 6.07) is 7.11. The first kappa shape index (κ1) is 15.1. The zero-order chi connectivity index (χ0) is 15.5. The third kappa shape index (κ3) is 4.62. The molecule has 1 aromatic heterocycles. The van der Waals surface area contributed by atoms with Gasteiger partial charge in [-0.2, -0.15) is 13.2 Å². The Bertz CT molecular complexity index is 629. The number of rotatable bonds is 4. The summed E-state index contributed by atoms with van der Waals surface area (Å²) in [5.74, 6) is 0.124. The SMILES string of the molecule is Cc1ccc(Oc2ccnc(NCC(F)(F)F)c2)cc1F. The number of aryl methyl sites for hydroxylation is 1. The summed E-state index contributed by atoms with van der Waals surface area (Å²) in [5, 5.41) is 2.14. The summed E-state index contributed by atoms with van der Waals surface area (Å²) in [4.78, 5) is 3.75. The molecule has 0 aliphatic rings. The van der Waals surface area contributed by atoms with Crippen molar-refractivity contribution in [3.63, 3.8) is 0 Å². The minimum Gasteiger partial charge on any atom is -0.457 e. The lowest BCUT2D eigenvalue weighted by molar-refractivity contribution is -0.115. The van der Waals surface area contributed by atoms with Crippen LogP contribution in [0.5, 0.6) is 11.5 Å². The van der Waals surface area contributed by atoms with Crippen molar-refractivity contribution in [3.05, 3.63) is 47.9 Å². The molecule has 0 amide bonds. The highest BCUT2D eigenvalue weighted by Crippen LogP contribution is 2.25. The van der Waals surface area contributed by atoms with Gasteiger partial charge in [-0.25, -0.2) is 9.37 Å². The van der Waals surface area contributed by atoms with Crippen LogP contribution >= 0.6 is 0 Å². The van der Waals surface area contributed by atoms with E-state index in [1.165, 1.54) is 24.4 Å². The number of pyridine rings is 1. The van der Waals surface area contributed by atoms with E-state index in [9.17, 15) is 17.6 Å². The molecule has 2 rings (SSSR count). The number of hydrogen-bond acceptors (Lipinski definition) is 3.